The van der Waals surface area contributed by atoms with Crippen LogP contribution in [0.25, 0.3) is 0 Å². The van der Waals surface area contributed by atoms with Crippen molar-refractivity contribution in [1.82, 2.24) is 4.90 Å². The third kappa shape index (κ3) is 2.72. The quantitative estimate of drug-likeness (QED) is 0.512. The fourth-order valence-electron chi connectivity index (χ4n) is 2.26. The zero-order valence-electron chi connectivity index (χ0n) is 11.2. The Kier molecular flexibility index (Phi) is 4.19. The van der Waals surface area contributed by atoms with Gasteiger partial charge in [0.05, 0.1) is 17.6 Å². The lowest BCUT2D eigenvalue weighted by atomic mass is 10.1. The van der Waals surface area contributed by atoms with E-state index in [1.807, 2.05) is 6.92 Å². The van der Waals surface area contributed by atoms with Crippen molar-refractivity contribution in [3.63, 3.8) is 0 Å². The van der Waals surface area contributed by atoms with E-state index in [2.05, 4.69) is 0 Å². The standard InChI is InChI=1S/C13H17N3O4/c1-2-9-8-15(6-7-20-9)13(17)10-4-3-5-11(14)12(10)16(18)19/h3-5,9H,2,6-8,14H2,1H3. The highest BCUT2D eigenvalue weighted by molar-refractivity contribution is 6.00. The molecule has 1 aromatic carbocycles. The van der Waals surface area contributed by atoms with Gasteiger partial charge in [-0.3, -0.25) is 14.9 Å². The third-order valence-corrected chi connectivity index (χ3v) is 3.36. The molecule has 0 saturated carbocycles. The highest BCUT2D eigenvalue weighted by atomic mass is 16.6. The maximum atomic E-state index is 12.4. The molecule has 108 valence electrons. The van der Waals surface area contributed by atoms with Crippen molar-refractivity contribution in [3.8, 4) is 0 Å². The summed E-state index contributed by atoms with van der Waals surface area (Å²) in [5, 5.41) is 11.1. The molecular weight excluding hydrogens is 262 g/mol. The maximum Gasteiger partial charge on any atom is 0.304 e. The van der Waals surface area contributed by atoms with E-state index in [9.17, 15) is 14.9 Å². The van der Waals surface area contributed by atoms with Crippen LogP contribution < -0.4 is 5.73 Å². The van der Waals surface area contributed by atoms with Crippen molar-refractivity contribution < 1.29 is 14.5 Å². The van der Waals surface area contributed by atoms with Crippen LogP contribution in [0, 0.1) is 10.1 Å². The summed E-state index contributed by atoms with van der Waals surface area (Å²) in [4.78, 5) is 24.5. The Labute approximate surface area is 116 Å². The summed E-state index contributed by atoms with van der Waals surface area (Å²) < 4.78 is 5.49. The van der Waals surface area contributed by atoms with Crippen LogP contribution in [-0.2, 0) is 4.74 Å². The smallest absolute Gasteiger partial charge is 0.304 e. The molecule has 0 bridgehead atoms. The summed E-state index contributed by atoms with van der Waals surface area (Å²) >= 11 is 0. The predicted molar refractivity (Wildman–Crippen MR) is 73.4 cm³/mol. The van der Waals surface area contributed by atoms with Crippen molar-refractivity contribution in [1.29, 1.82) is 0 Å². The van der Waals surface area contributed by atoms with Gasteiger partial charge in [-0.05, 0) is 18.6 Å². The molecular formula is C13H17N3O4. The molecule has 1 atom stereocenters. The van der Waals surface area contributed by atoms with Crippen LogP contribution in [0.3, 0.4) is 0 Å². The molecule has 2 N–H and O–H groups in total. The molecule has 20 heavy (non-hydrogen) atoms. The number of carbonyl (C=O) groups is 1. The average molecular weight is 279 g/mol. The van der Waals surface area contributed by atoms with Crippen LogP contribution in [0.4, 0.5) is 11.4 Å². The summed E-state index contributed by atoms with van der Waals surface area (Å²) in [6.07, 6.45) is 0.774. The highest BCUT2D eigenvalue weighted by Gasteiger charge is 2.29. The Hall–Kier alpha value is -2.15. The monoisotopic (exact) mass is 279 g/mol. The second kappa shape index (κ2) is 5.87. The van der Waals surface area contributed by atoms with Crippen LogP contribution in [0.5, 0.6) is 0 Å². The number of rotatable bonds is 3. The number of anilines is 1. The largest absolute Gasteiger partial charge is 0.393 e. The van der Waals surface area contributed by atoms with Gasteiger partial charge >= 0.3 is 5.69 Å². The van der Waals surface area contributed by atoms with Gasteiger partial charge < -0.3 is 15.4 Å². The first-order valence-corrected chi connectivity index (χ1v) is 6.48. The lowest BCUT2D eigenvalue weighted by Gasteiger charge is -2.32. The number of hydrogen-bond donors (Lipinski definition) is 1. The SMILES string of the molecule is CCC1CN(C(=O)c2cccc(N)c2[N+](=O)[O-])CCO1. The van der Waals surface area contributed by atoms with Gasteiger partial charge in [-0.1, -0.05) is 13.0 Å². The van der Waals surface area contributed by atoms with E-state index in [4.69, 9.17) is 10.5 Å². The fraction of sp³-hybridized carbons (Fsp3) is 0.462. The number of nitrogen functional groups attached to an aromatic ring is 1. The number of nitrogens with zero attached hydrogens (tertiary/aromatic N) is 2. The Morgan fingerprint density at radius 3 is 3.00 bits per heavy atom. The second-order valence-electron chi connectivity index (χ2n) is 4.65. The van der Waals surface area contributed by atoms with Crippen molar-refractivity contribution in [2.75, 3.05) is 25.4 Å². The van der Waals surface area contributed by atoms with Crippen molar-refractivity contribution in [3.05, 3.63) is 33.9 Å². The minimum atomic E-state index is -0.611. The predicted octanol–water partition coefficient (Wildman–Crippen LogP) is 1.43. The lowest BCUT2D eigenvalue weighted by Crippen LogP contribution is -2.45. The van der Waals surface area contributed by atoms with Gasteiger partial charge in [0.15, 0.2) is 0 Å². The summed E-state index contributed by atoms with van der Waals surface area (Å²) in [6.45, 7) is 3.30. The normalized spacial score (nSPS) is 18.9. The zero-order chi connectivity index (χ0) is 14.7. The molecule has 0 aromatic heterocycles. The topological polar surface area (TPSA) is 98.7 Å². The summed E-state index contributed by atoms with van der Waals surface area (Å²) in [5.41, 5.74) is 5.32. The van der Waals surface area contributed by atoms with Crippen molar-refractivity contribution in [2.24, 2.45) is 0 Å². The van der Waals surface area contributed by atoms with E-state index in [-0.39, 0.29) is 28.9 Å². The van der Waals surface area contributed by atoms with E-state index in [1.54, 1.807) is 11.0 Å². The molecule has 0 radical (unpaired) electrons. The first kappa shape index (κ1) is 14.3. The van der Waals surface area contributed by atoms with Gasteiger partial charge in [-0.25, -0.2) is 0 Å². The van der Waals surface area contributed by atoms with Gasteiger partial charge in [0, 0.05) is 13.1 Å². The molecule has 1 heterocycles. The number of nitro benzene ring substituents is 1. The molecule has 1 fully saturated rings. The third-order valence-electron chi connectivity index (χ3n) is 3.36. The van der Waals surface area contributed by atoms with Crippen molar-refractivity contribution >= 4 is 17.3 Å². The van der Waals surface area contributed by atoms with E-state index in [0.29, 0.717) is 19.7 Å². The number of carbonyl (C=O) groups excluding carboxylic acids is 1. The molecule has 1 amide bonds. The maximum absolute atomic E-state index is 12.4. The molecule has 1 aliphatic rings. The summed E-state index contributed by atoms with van der Waals surface area (Å²) in [7, 11) is 0. The minimum Gasteiger partial charge on any atom is -0.393 e. The fourth-order valence-corrected chi connectivity index (χ4v) is 2.26. The number of morpholine rings is 1. The van der Waals surface area contributed by atoms with Crippen LogP contribution >= 0.6 is 0 Å². The molecule has 2 rings (SSSR count). The molecule has 7 nitrogen and oxygen atoms in total. The van der Waals surface area contributed by atoms with Gasteiger partial charge in [0.1, 0.15) is 11.3 Å². The van der Waals surface area contributed by atoms with E-state index >= 15 is 0 Å². The highest BCUT2D eigenvalue weighted by Crippen LogP contribution is 2.27. The molecule has 1 unspecified atom stereocenters. The van der Waals surface area contributed by atoms with Crippen LogP contribution in [0.15, 0.2) is 18.2 Å². The zero-order valence-corrected chi connectivity index (χ0v) is 11.2. The van der Waals surface area contributed by atoms with E-state index in [0.717, 1.165) is 6.42 Å². The Balaban J connectivity index is 2.29. The number of hydrogen-bond acceptors (Lipinski definition) is 5. The van der Waals surface area contributed by atoms with Crippen LogP contribution in [0.2, 0.25) is 0 Å². The molecule has 1 aliphatic heterocycles. The Morgan fingerprint density at radius 1 is 1.60 bits per heavy atom. The Bertz CT molecular complexity index is 532. The molecule has 0 aliphatic carbocycles. The van der Waals surface area contributed by atoms with Gasteiger partial charge in [-0.2, -0.15) is 0 Å². The van der Waals surface area contributed by atoms with Gasteiger partial charge in [-0.15, -0.1) is 0 Å². The number of nitro groups is 1. The first-order valence-electron chi connectivity index (χ1n) is 6.48. The van der Waals surface area contributed by atoms with E-state index in [1.165, 1.54) is 12.1 Å². The average Bonchev–Trinajstić information content (AvgIpc) is 2.45. The number of ether oxygens (including phenoxy) is 1. The van der Waals surface area contributed by atoms with Crippen LogP contribution in [-0.4, -0.2) is 41.5 Å². The number of para-hydroxylation sites is 1. The van der Waals surface area contributed by atoms with Gasteiger partial charge in [0.2, 0.25) is 0 Å². The van der Waals surface area contributed by atoms with Gasteiger partial charge in [0.25, 0.3) is 5.91 Å². The molecule has 7 heteroatoms. The lowest BCUT2D eigenvalue weighted by molar-refractivity contribution is -0.384. The molecule has 1 aromatic rings. The second-order valence-corrected chi connectivity index (χ2v) is 4.65. The van der Waals surface area contributed by atoms with Crippen molar-refractivity contribution in [2.45, 2.75) is 19.4 Å². The first-order chi connectivity index (χ1) is 9.54. The van der Waals surface area contributed by atoms with E-state index < -0.39 is 4.92 Å². The summed E-state index contributed by atoms with van der Waals surface area (Å²) in [5.74, 6) is -0.370. The molecule has 1 saturated heterocycles. The Morgan fingerprint density at radius 2 is 2.35 bits per heavy atom. The number of amides is 1. The summed E-state index contributed by atoms with van der Waals surface area (Å²) in [6, 6.07) is 4.41. The number of benzene rings is 1. The molecule has 0 spiro atoms. The van der Waals surface area contributed by atoms with Crippen LogP contribution in [0.1, 0.15) is 23.7 Å². The number of nitrogens with two attached hydrogens (primary N) is 1. The minimum absolute atomic E-state index is 0.00107.